The summed E-state index contributed by atoms with van der Waals surface area (Å²) in [6.45, 7) is 0. The van der Waals surface area contributed by atoms with Gasteiger partial charge in [-0.05, 0) is 43.4 Å². The second-order valence-electron chi connectivity index (χ2n) is 6.36. The standard InChI is InChI=1S/C21H22O5/c1-25-20-14-9-7-5-3-4-6-8-13-10-11-16(22)15(12-13)17(18(14)23)21(26-2)19(20)24/h6,8,10-12,22H,3-5,7,9H2,1-2H3/b8-6-. The number of phenolic OH excluding ortho intramolecular Hbond substituents is 1. The molecule has 0 aromatic heterocycles. The smallest absolute Gasteiger partial charge is 0.263 e. The Bertz CT molecular complexity index is 842. The van der Waals surface area contributed by atoms with Gasteiger partial charge in [-0.2, -0.15) is 0 Å². The molecule has 0 radical (unpaired) electrons. The van der Waals surface area contributed by atoms with Gasteiger partial charge in [-0.1, -0.05) is 24.6 Å². The lowest BCUT2D eigenvalue weighted by molar-refractivity contribution is -0.120. The number of phenols is 1. The lowest BCUT2D eigenvalue weighted by Gasteiger charge is -2.23. The van der Waals surface area contributed by atoms with Gasteiger partial charge in [0, 0.05) is 11.1 Å². The fourth-order valence-corrected chi connectivity index (χ4v) is 3.41. The summed E-state index contributed by atoms with van der Waals surface area (Å²) in [5.74, 6) is -0.909. The molecule has 0 saturated heterocycles. The molecule has 0 aliphatic heterocycles. The van der Waals surface area contributed by atoms with E-state index in [1.165, 1.54) is 20.3 Å². The van der Waals surface area contributed by atoms with Crippen LogP contribution in [0.1, 0.15) is 43.2 Å². The molecule has 0 fully saturated rings. The number of rotatable bonds is 2. The van der Waals surface area contributed by atoms with Crippen molar-refractivity contribution in [3.8, 4) is 5.75 Å². The van der Waals surface area contributed by atoms with Gasteiger partial charge < -0.3 is 14.6 Å². The largest absolute Gasteiger partial charge is 0.507 e. The summed E-state index contributed by atoms with van der Waals surface area (Å²) in [6.07, 6.45) is 8.17. The summed E-state index contributed by atoms with van der Waals surface area (Å²) in [5, 5.41) is 10.4. The Morgan fingerprint density at radius 2 is 1.73 bits per heavy atom. The van der Waals surface area contributed by atoms with E-state index in [0.717, 1.165) is 31.2 Å². The molecular formula is C21H22O5. The van der Waals surface area contributed by atoms with Crippen molar-refractivity contribution in [2.45, 2.75) is 32.1 Å². The lowest BCUT2D eigenvalue weighted by atomic mass is 9.85. The van der Waals surface area contributed by atoms with Crippen LogP contribution in [0.15, 0.2) is 41.4 Å². The molecule has 0 unspecified atom stereocenters. The molecule has 5 heteroatoms. The monoisotopic (exact) mass is 354 g/mol. The van der Waals surface area contributed by atoms with Gasteiger partial charge >= 0.3 is 0 Å². The zero-order chi connectivity index (χ0) is 18.7. The number of methoxy groups -OCH3 is 2. The maximum atomic E-state index is 13.2. The van der Waals surface area contributed by atoms with E-state index in [4.69, 9.17) is 9.47 Å². The fraction of sp³-hybridized carbons (Fsp3) is 0.333. The third-order valence-electron chi connectivity index (χ3n) is 4.72. The van der Waals surface area contributed by atoms with E-state index < -0.39 is 5.78 Å². The van der Waals surface area contributed by atoms with Gasteiger partial charge in [0.2, 0.25) is 0 Å². The molecule has 26 heavy (non-hydrogen) atoms. The number of benzene rings is 1. The minimum Gasteiger partial charge on any atom is -0.507 e. The third-order valence-corrected chi connectivity index (χ3v) is 4.72. The summed E-state index contributed by atoms with van der Waals surface area (Å²) in [4.78, 5) is 26.0. The highest BCUT2D eigenvalue weighted by molar-refractivity contribution is 6.38. The quantitative estimate of drug-likeness (QED) is 0.818. The van der Waals surface area contributed by atoms with E-state index in [1.54, 1.807) is 12.1 Å². The highest BCUT2D eigenvalue weighted by atomic mass is 16.5. The number of ether oxygens (including phenoxy) is 2. The molecule has 4 bridgehead atoms. The van der Waals surface area contributed by atoms with Gasteiger partial charge in [-0.15, -0.1) is 0 Å². The van der Waals surface area contributed by atoms with Crippen LogP contribution < -0.4 is 0 Å². The first kappa shape index (κ1) is 18.0. The first-order valence-corrected chi connectivity index (χ1v) is 8.73. The van der Waals surface area contributed by atoms with Gasteiger partial charge in [-0.3, -0.25) is 9.59 Å². The van der Waals surface area contributed by atoms with Crippen LogP contribution in [-0.4, -0.2) is 30.9 Å². The number of hydrogen-bond donors (Lipinski definition) is 1. The highest BCUT2D eigenvalue weighted by Gasteiger charge is 2.37. The Kier molecular flexibility index (Phi) is 5.26. The fourth-order valence-electron chi connectivity index (χ4n) is 3.41. The number of ketones is 2. The van der Waals surface area contributed by atoms with E-state index in [-0.39, 0.29) is 28.6 Å². The van der Waals surface area contributed by atoms with Crippen molar-refractivity contribution >= 4 is 23.2 Å². The number of hydrogen-bond acceptors (Lipinski definition) is 5. The SMILES string of the molecule is COC1=C2CCCCC/C=C\c3ccc(O)c(c3)C(=C(OC)C1=O)C2=O. The summed E-state index contributed by atoms with van der Waals surface area (Å²) < 4.78 is 10.5. The molecule has 2 aliphatic rings. The van der Waals surface area contributed by atoms with Gasteiger partial charge in [0.1, 0.15) is 5.75 Å². The lowest BCUT2D eigenvalue weighted by Crippen LogP contribution is -2.25. The second kappa shape index (κ2) is 7.60. The average molecular weight is 354 g/mol. The summed E-state index contributed by atoms with van der Waals surface area (Å²) in [7, 11) is 2.72. The molecule has 1 N–H and O–H groups in total. The minimum atomic E-state index is -0.463. The van der Waals surface area contributed by atoms with Gasteiger partial charge in [0.25, 0.3) is 5.78 Å². The maximum absolute atomic E-state index is 13.2. The minimum absolute atomic E-state index is 0.0410. The Morgan fingerprint density at radius 1 is 0.962 bits per heavy atom. The number of allylic oxidation sites excluding steroid dienone is 3. The Hall–Kier alpha value is -2.82. The van der Waals surface area contributed by atoms with Crippen molar-refractivity contribution < 1.29 is 24.2 Å². The van der Waals surface area contributed by atoms with Gasteiger partial charge in [0.05, 0.1) is 19.8 Å². The Morgan fingerprint density at radius 3 is 2.46 bits per heavy atom. The van der Waals surface area contributed by atoms with Crippen LogP contribution in [0.4, 0.5) is 0 Å². The maximum Gasteiger partial charge on any atom is 0.263 e. The summed E-state index contributed by atoms with van der Waals surface area (Å²) >= 11 is 0. The molecule has 0 atom stereocenters. The first-order chi connectivity index (χ1) is 12.6. The highest BCUT2D eigenvalue weighted by Crippen LogP contribution is 2.38. The number of fused-ring (bicyclic) bond motifs is 5. The van der Waals surface area contributed by atoms with Crippen molar-refractivity contribution in [2.75, 3.05) is 14.2 Å². The topological polar surface area (TPSA) is 72.8 Å². The number of carbonyl (C=O) groups is 2. The first-order valence-electron chi connectivity index (χ1n) is 8.73. The van der Waals surface area contributed by atoms with Crippen molar-refractivity contribution in [1.82, 2.24) is 0 Å². The predicted octanol–water partition coefficient (Wildman–Crippen LogP) is 3.78. The molecular weight excluding hydrogens is 332 g/mol. The van der Waals surface area contributed by atoms with Crippen molar-refractivity contribution in [2.24, 2.45) is 0 Å². The van der Waals surface area contributed by atoms with E-state index in [2.05, 4.69) is 6.08 Å². The molecule has 1 aromatic rings. The molecule has 0 amide bonds. The number of carbonyl (C=O) groups excluding carboxylic acids is 2. The third kappa shape index (κ3) is 3.17. The van der Waals surface area contributed by atoms with Crippen LogP contribution in [-0.2, 0) is 19.1 Å². The molecule has 136 valence electrons. The van der Waals surface area contributed by atoms with Crippen molar-refractivity contribution in [3.05, 3.63) is 52.5 Å². The zero-order valence-corrected chi connectivity index (χ0v) is 15.0. The van der Waals surface area contributed by atoms with Crippen LogP contribution in [0.3, 0.4) is 0 Å². The molecule has 3 rings (SSSR count). The average Bonchev–Trinajstić information content (AvgIpc) is 2.64. The van der Waals surface area contributed by atoms with E-state index in [0.29, 0.717) is 17.6 Å². The number of aromatic hydroxyl groups is 1. The van der Waals surface area contributed by atoms with Gasteiger partial charge in [0.15, 0.2) is 17.3 Å². The molecule has 0 spiro atoms. The molecule has 1 aromatic carbocycles. The molecule has 0 saturated carbocycles. The van der Waals surface area contributed by atoms with Crippen LogP contribution in [0.25, 0.3) is 11.6 Å². The molecule has 5 nitrogen and oxygen atoms in total. The Balaban J connectivity index is 2.25. The van der Waals surface area contributed by atoms with E-state index >= 15 is 0 Å². The van der Waals surface area contributed by atoms with Crippen molar-refractivity contribution in [1.29, 1.82) is 0 Å². The summed E-state index contributed by atoms with van der Waals surface area (Å²) in [6, 6.07) is 5.01. The van der Waals surface area contributed by atoms with E-state index in [9.17, 15) is 14.7 Å². The number of Topliss-reactive ketones (excluding diaryl/α,β-unsaturated/α-hetero) is 2. The second-order valence-corrected chi connectivity index (χ2v) is 6.36. The Labute approximate surface area is 152 Å². The van der Waals surface area contributed by atoms with Crippen LogP contribution >= 0.6 is 0 Å². The normalized spacial score (nSPS) is 19.5. The van der Waals surface area contributed by atoms with Crippen molar-refractivity contribution in [3.63, 3.8) is 0 Å². The van der Waals surface area contributed by atoms with Gasteiger partial charge in [-0.25, -0.2) is 0 Å². The van der Waals surface area contributed by atoms with Crippen LogP contribution in [0.5, 0.6) is 5.75 Å². The predicted molar refractivity (Wildman–Crippen MR) is 98.2 cm³/mol. The van der Waals surface area contributed by atoms with E-state index in [1.807, 2.05) is 6.08 Å². The zero-order valence-electron chi connectivity index (χ0n) is 15.0. The molecule has 2 aliphatic carbocycles. The van der Waals surface area contributed by atoms with Crippen LogP contribution in [0, 0.1) is 0 Å². The summed E-state index contributed by atoms with van der Waals surface area (Å²) in [5.41, 5.74) is 1.60. The van der Waals surface area contributed by atoms with Crippen LogP contribution in [0.2, 0.25) is 0 Å². The molecule has 0 heterocycles.